The molecule has 0 spiro atoms. The highest BCUT2D eigenvalue weighted by atomic mass is 35.5. The van der Waals surface area contributed by atoms with Crippen molar-refractivity contribution < 1.29 is 19.1 Å². The van der Waals surface area contributed by atoms with Gasteiger partial charge in [-0.25, -0.2) is 0 Å². The maximum Gasteiger partial charge on any atom is 0.255 e. The zero-order valence-corrected chi connectivity index (χ0v) is 16.5. The highest BCUT2D eigenvalue weighted by Crippen LogP contribution is 2.33. The molecule has 1 fully saturated rings. The van der Waals surface area contributed by atoms with Gasteiger partial charge in [0, 0.05) is 23.2 Å². The molecule has 0 saturated heterocycles. The van der Waals surface area contributed by atoms with Gasteiger partial charge in [-0.3, -0.25) is 9.59 Å². The summed E-state index contributed by atoms with van der Waals surface area (Å²) in [5.74, 6) is 0.565. The number of halogens is 1. The number of fused-ring (bicyclic) bond motifs is 1. The van der Waals surface area contributed by atoms with Crippen LogP contribution in [-0.2, 0) is 0 Å². The van der Waals surface area contributed by atoms with Gasteiger partial charge in [0.2, 0.25) is 6.79 Å². The quantitative estimate of drug-likeness (QED) is 0.710. The molecule has 8 heteroatoms. The number of rotatable bonds is 4. The fourth-order valence-electron chi connectivity index (χ4n) is 3.53. The summed E-state index contributed by atoms with van der Waals surface area (Å²) >= 11 is 6.23. The lowest BCUT2D eigenvalue weighted by Gasteiger charge is -2.26. The fraction of sp³-hybridized carbons (Fsp3) is 0.333. The first-order valence-corrected chi connectivity index (χ1v) is 9.94. The van der Waals surface area contributed by atoms with E-state index in [9.17, 15) is 9.59 Å². The van der Waals surface area contributed by atoms with Gasteiger partial charge >= 0.3 is 0 Å². The van der Waals surface area contributed by atoms with Gasteiger partial charge in [0.15, 0.2) is 11.5 Å². The Morgan fingerprint density at radius 2 is 1.62 bits per heavy atom. The Morgan fingerprint density at radius 3 is 2.41 bits per heavy atom. The summed E-state index contributed by atoms with van der Waals surface area (Å²) in [5, 5.41) is 6.14. The van der Waals surface area contributed by atoms with Crippen molar-refractivity contribution >= 4 is 29.1 Å². The Labute approximate surface area is 173 Å². The molecule has 7 nitrogen and oxygen atoms in total. The number of amides is 2. The predicted molar refractivity (Wildman–Crippen MR) is 110 cm³/mol. The van der Waals surface area contributed by atoms with Crippen molar-refractivity contribution in [1.82, 2.24) is 5.32 Å². The SMILES string of the molecule is NC1CCC(NC(=O)c2ccc(Cl)c(NC(=O)c3ccc4c(c3)OCO4)c2)CC1. The third kappa shape index (κ3) is 4.46. The Hall–Kier alpha value is -2.77. The van der Waals surface area contributed by atoms with E-state index in [1.807, 2.05) is 0 Å². The van der Waals surface area contributed by atoms with E-state index in [0.717, 1.165) is 25.7 Å². The molecule has 0 aromatic heterocycles. The average Bonchev–Trinajstić information content (AvgIpc) is 3.19. The zero-order valence-electron chi connectivity index (χ0n) is 15.7. The van der Waals surface area contributed by atoms with Gasteiger partial charge in [-0.1, -0.05) is 11.6 Å². The molecule has 0 atom stereocenters. The molecule has 0 radical (unpaired) electrons. The van der Waals surface area contributed by atoms with Gasteiger partial charge in [0.1, 0.15) is 0 Å². The van der Waals surface area contributed by atoms with Crippen LogP contribution in [0.2, 0.25) is 5.02 Å². The van der Waals surface area contributed by atoms with Gasteiger partial charge < -0.3 is 25.8 Å². The molecule has 2 aliphatic rings. The smallest absolute Gasteiger partial charge is 0.255 e. The molecule has 2 amide bonds. The summed E-state index contributed by atoms with van der Waals surface area (Å²) < 4.78 is 10.6. The van der Waals surface area contributed by atoms with Crippen LogP contribution in [0.3, 0.4) is 0 Å². The van der Waals surface area contributed by atoms with Crippen molar-refractivity contribution in [2.24, 2.45) is 5.73 Å². The van der Waals surface area contributed by atoms with E-state index in [-0.39, 0.29) is 30.7 Å². The molecule has 1 aliphatic carbocycles. The number of nitrogens with one attached hydrogen (secondary N) is 2. The van der Waals surface area contributed by atoms with Crippen LogP contribution in [0.15, 0.2) is 36.4 Å². The molecule has 29 heavy (non-hydrogen) atoms. The van der Waals surface area contributed by atoms with E-state index >= 15 is 0 Å². The molecule has 4 N–H and O–H groups in total. The van der Waals surface area contributed by atoms with Crippen molar-refractivity contribution in [1.29, 1.82) is 0 Å². The Balaban J connectivity index is 1.45. The first kappa shape index (κ1) is 19.5. The summed E-state index contributed by atoms with van der Waals surface area (Å²) in [7, 11) is 0. The molecule has 4 rings (SSSR count). The summed E-state index contributed by atoms with van der Waals surface area (Å²) in [5.41, 5.74) is 7.12. The Kier molecular flexibility index (Phi) is 5.60. The zero-order chi connectivity index (χ0) is 20.4. The third-order valence-corrected chi connectivity index (χ3v) is 5.55. The number of hydrogen-bond acceptors (Lipinski definition) is 5. The van der Waals surface area contributed by atoms with E-state index in [2.05, 4.69) is 10.6 Å². The highest BCUT2D eigenvalue weighted by Gasteiger charge is 2.21. The monoisotopic (exact) mass is 415 g/mol. The molecule has 2 aromatic carbocycles. The molecule has 1 heterocycles. The topological polar surface area (TPSA) is 103 Å². The van der Waals surface area contributed by atoms with Gasteiger partial charge in [-0.15, -0.1) is 0 Å². The van der Waals surface area contributed by atoms with Gasteiger partial charge in [-0.05, 0) is 62.1 Å². The van der Waals surface area contributed by atoms with Crippen LogP contribution in [0.1, 0.15) is 46.4 Å². The molecular weight excluding hydrogens is 394 g/mol. The summed E-state index contributed by atoms with van der Waals surface area (Å²) in [4.78, 5) is 25.2. The minimum absolute atomic E-state index is 0.115. The lowest BCUT2D eigenvalue weighted by molar-refractivity contribution is 0.0925. The molecule has 152 valence electrons. The number of anilines is 1. The van der Waals surface area contributed by atoms with Crippen molar-refractivity contribution in [3.05, 3.63) is 52.5 Å². The lowest BCUT2D eigenvalue weighted by atomic mass is 9.91. The molecule has 0 unspecified atom stereocenters. The molecular formula is C21H22ClN3O4. The minimum Gasteiger partial charge on any atom is -0.454 e. The number of carbonyl (C=O) groups is 2. The van der Waals surface area contributed by atoms with Gasteiger partial charge in [0.25, 0.3) is 11.8 Å². The number of ether oxygens (including phenoxy) is 2. The largest absolute Gasteiger partial charge is 0.454 e. The Morgan fingerprint density at radius 1 is 0.931 bits per heavy atom. The second-order valence-corrected chi connectivity index (χ2v) is 7.71. The van der Waals surface area contributed by atoms with Crippen LogP contribution in [0, 0.1) is 0 Å². The fourth-order valence-corrected chi connectivity index (χ4v) is 3.69. The predicted octanol–water partition coefficient (Wildman–Crippen LogP) is 3.32. The summed E-state index contributed by atoms with van der Waals surface area (Å²) in [6, 6.07) is 10.1. The minimum atomic E-state index is -0.357. The molecule has 1 saturated carbocycles. The third-order valence-electron chi connectivity index (χ3n) is 5.22. The van der Waals surface area contributed by atoms with Crippen LogP contribution >= 0.6 is 11.6 Å². The van der Waals surface area contributed by atoms with Crippen LogP contribution in [0.4, 0.5) is 5.69 Å². The molecule has 1 aliphatic heterocycles. The van der Waals surface area contributed by atoms with Crippen molar-refractivity contribution in [3.63, 3.8) is 0 Å². The van der Waals surface area contributed by atoms with E-state index in [0.29, 0.717) is 33.3 Å². The normalized spacial score (nSPS) is 20.2. The first-order chi connectivity index (χ1) is 14.0. The Bertz CT molecular complexity index is 942. The van der Waals surface area contributed by atoms with Crippen molar-refractivity contribution in [2.75, 3.05) is 12.1 Å². The number of carbonyl (C=O) groups excluding carboxylic acids is 2. The van der Waals surface area contributed by atoms with E-state index in [1.54, 1.807) is 36.4 Å². The van der Waals surface area contributed by atoms with E-state index in [4.69, 9.17) is 26.8 Å². The first-order valence-electron chi connectivity index (χ1n) is 9.56. The second kappa shape index (κ2) is 8.31. The average molecular weight is 416 g/mol. The van der Waals surface area contributed by atoms with Crippen LogP contribution in [-0.4, -0.2) is 30.7 Å². The van der Waals surface area contributed by atoms with E-state index in [1.165, 1.54) is 0 Å². The van der Waals surface area contributed by atoms with Crippen LogP contribution in [0.25, 0.3) is 0 Å². The van der Waals surface area contributed by atoms with Crippen LogP contribution < -0.4 is 25.8 Å². The maximum atomic E-state index is 12.6. The maximum absolute atomic E-state index is 12.6. The molecule has 2 aromatic rings. The van der Waals surface area contributed by atoms with Crippen molar-refractivity contribution in [2.45, 2.75) is 37.8 Å². The second-order valence-electron chi connectivity index (χ2n) is 7.30. The van der Waals surface area contributed by atoms with Gasteiger partial charge in [0.05, 0.1) is 10.7 Å². The standard InChI is InChI=1S/C21H22ClN3O4/c22-16-7-1-12(20(26)24-15-5-3-14(23)4-6-15)9-17(16)25-21(27)13-2-8-18-19(10-13)29-11-28-18/h1-2,7-10,14-15H,3-6,11,23H2,(H,24,26)(H,25,27). The highest BCUT2D eigenvalue weighted by molar-refractivity contribution is 6.34. The van der Waals surface area contributed by atoms with Crippen molar-refractivity contribution in [3.8, 4) is 11.5 Å². The summed E-state index contributed by atoms with van der Waals surface area (Å²) in [6.45, 7) is 0.135. The molecule has 0 bridgehead atoms. The summed E-state index contributed by atoms with van der Waals surface area (Å²) in [6.07, 6.45) is 3.55. The lowest BCUT2D eigenvalue weighted by Crippen LogP contribution is -2.40. The number of hydrogen-bond donors (Lipinski definition) is 3. The van der Waals surface area contributed by atoms with E-state index < -0.39 is 0 Å². The number of benzene rings is 2. The number of nitrogens with two attached hydrogens (primary N) is 1. The van der Waals surface area contributed by atoms with Crippen LogP contribution in [0.5, 0.6) is 11.5 Å². The van der Waals surface area contributed by atoms with Gasteiger partial charge in [-0.2, -0.15) is 0 Å².